The lowest BCUT2D eigenvalue weighted by Gasteiger charge is -2.48. The standard InChI is InChI=1S/C15H23NS/c1-11-10-12-4-9-17-13(12)15(16-11)7-5-14(2,3)6-8-15/h4,9,11,16H,5-8,10H2,1-3H3. The van der Waals surface area contributed by atoms with Crippen LogP contribution in [0.2, 0.25) is 0 Å². The highest BCUT2D eigenvalue weighted by Gasteiger charge is 2.44. The number of rotatable bonds is 0. The van der Waals surface area contributed by atoms with Crippen LogP contribution in [0.15, 0.2) is 11.4 Å². The highest BCUT2D eigenvalue weighted by Crippen LogP contribution is 2.49. The van der Waals surface area contributed by atoms with E-state index in [1.807, 2.05) is 11.3 Å². The second-order valence-corrected chi connectivity index (χ2v) is 7.69. The molecule has 1 aromatic heterocycles. The van der Waals surface area contributed by atoms with Gasteiger partial charge in [-0.2, -0.15) is 0 Å². The summed E-state index contributed by atoms with van der Waals surface area (Å²) in [6, 6.07) is 2.98. The Morgan fingerprint density at radius 3 is 2.65 bits per heavy atom. The van der Waals surface area contributed by atoms with Crippen molar-refractivity contribution < 1.29 is 0 Å². The summed E-state index contributed by atoms with van der Waals surface area (Å²) >= 11 is 1.97. The fraction of sp³-hybridized carbons (Fsp3) is 0.733. The maximum absolute atomic E-state index is 3.92. The number of fused-ring (bicyclic) bond motifs is 2. The van der Waals surface area contributed by atoms with Gasteiger partial charge in [0.2, 0.25) is 0 Å². The van der Waals surface area contributed by atoms with Crippen LogP contribution in [0.4, 0.5) is 0 Å². The third kappa shape index (κ3) is 1.96. The summed E-state index contributed by atoms with van der Waals surface area (Å²) in [4.78, 5) is 1.64. The van der Waals surface area contributed by atoms with E-state index in [4.69, 9.17) is 0 Å². The molecular weight excluding hydrogens is 226 g/mol. The van der Waals surface area contributed by atoms with Gasteiger partial charge in [0.25, 0.3) is 0 Å². The Bertz CT molecular complexity index is 408. The molecule has 0 amide bonds. The molecule has 17 heavy (non-hydrogen) atoms. The Balaban J connectivity index is 1.94. The smallest absolute Gasteiger partial charge is 0.0534 e. The molecule has 2 heteroatoms. The number of nitrogens with one attached hydrogen (secondary N) is 1. The highest BCUT2D eigenvalue weighted by atomic mass is 32.1. The first-order chi connectivity index (χ1) is 8.01. The number of thiophene rings is 1. The van der Waals surface area contributed by atoms with Crippen LogP contribution >= 0.6 is 11.3 Å². The van der Waals surface area contributed by atoms with E-state index < -0.39 is 0 Å². The van der Waals surface area contributed by atoms with Gasteiger partial charge in [-0.25, -0.2) is 0 Å². The van der Waals surface area contributed by atoms with Gasteiger partial charge >= 0.3 is 0 Å². The summed E-state index contributed by atoms with van der Waals surface area (Å²) in [5, 5.41) is 6.21. The zero-order valence-corrected chi connectivity index (χ0v) is 12.0. The van der Waals surface area contributed by atoms with Crippen molar-refractivity contribution in [3.8, 4) is 0 Å². The zero-order valence-electron chi connectivity index (χ0n) is 11.2. The molecule has 1 nitrogen and oxygen atoms in total. The average Bonchev–Trinajstić information content (AvgIpc) is 2.71. The van der Waals surface area contributed by atoms with Crippen LogP contribution in [0.25, 0.3) is 0 Å². The predicted molar refractivity (Wildman–Crippen MR) is 74.5 cm³/mol. The van der Waals surface area contributed by atoms with Gasteiger partial charge in [0, 0.05) is 10.9 Å². The molecule has 3 rings (SSSR count). The minimum absolute atomic E-state index is 0.316. The van der Waals surface area contributed by atoms with E-state index in [1.165, 1.54) is 32.1 Å². The molecule has 94 valence electrons. The van der Waals surface area contributed by atoms with Gasteiger partial charge < -0.3 is 5.32 Å². The van der Waals surface area contributed by atoms with Crippen molar-refractivity contribution in [3.05, 3.63) is 21.9 Å². The molecule has 2 aliphatic rings. The molecule has 1 fully saturated rings. The lowest BCUT2D eigenvalue weighted by Crippen LogP contribution is -2.53. The van der Waals surface area contributed by atoms with Gasteiger partial charge in [-0.3, -0.25) is 0 Å². The molecular formula is C15H23NS. The molecule has 1 N–H and O–H groups in total. The van der Waals surface area contributed by atoms with Crippen LogP contribution in [0, 0.1) is 5.41 Å². The van der Waals surface area contributed by atoms with Gasteiger partial charge in [0.1, 0.15) is 0 Å². The lowest BCUT2D eigenvalue weighted by molar-refractivity contribution is 0.119. The largest absolute Gasteiger partial charge is 0.304 e. The molecule has 0 radical (unpaired) electrons. The maximum Gasteiger partial charge on any atom is 0.0534 e. The summed E-state index contributed by atoms with van der Waals surface area (Å²) < 4.78 is 0. The molecule has 1 unspecified atom stereocenters. The van der Waals surface area contributed by atoms with Crippen molar-refractivity contribution >= 4 is 11.3 Å². The Labute approximate surface area is 109 Å². The summed E-state index contributed by atoms with van der Waals surface area (Å²) in [5.74, 6) is 0. The van der Waals surface area contributed by atoms with Crippen molar-refractivity contribution in [1.82, 2.24) is 5.32 Å². The SMILES string of the molecule is CC1Cc2ccsc2C2(CCC(C)(C)CC2)N1. The van der Waals surface area contributed by atoms with Crippen LogP contribution in [0.1, 0.15) is 56.9 Å². The highest BCUT2D eigenvalue weighted by molar-refractivity contribution is 7.10. The van der Waals surface area contributed by atoms with Crippen molar-refractivity contribution in [2.45, 2.75) is 64.5 Å². The quantitative estimate of drug-likeness (QED) is 0.730. The Morgan fingerprint density at radius 1 is 1.24 bits per heavy atom. The van der Waals surface area contributed by atoms with Crippen molar-refractivity contribution in [1.29, 1.82) is 0 Å². The monoisotopic (exact) mass is 249 g/mol. The fourth-order valence-electron chi connectivity index (χ4n) is 3.56. The molecule has 1 spiro atoms. The number of hydrogen-bond donors (Lipinski definition) is 1. The molecule has 0 bridgehead atoms. The lowest BCUT2D eigenvalue weighted by atomic mass is 9.67. The first kappa shape index (κ1) is 11.7. The molecule has 1 saturated carbocycles. The first-order valence-corrected chi connectivity index (χ1v) is 7.73. The second kappa shape index (κ2) is 3.83. The third-order valence-electron chi connectivity index (χ3n) is 4.69. The van der Waals surface area contributed by atoms with E-state index in [0.717, 1.165) is 0 Å². The first-order valence-electron chi connectivity index (χ1n) is 6.85. The van der Waals surface area contributed by atoms with Crippen molar-refractivity contribution in [3.63, 3.8) is 0 Å². The molecule has 1 aromatic rings. The van der Waals surface area contributed by atoms with E-state index in [2.05, 4.69) is 37.5 Å². The third-order valence-corrected chi connectivity index (χ3v) is 5.85. The molecule has 0 saturated heterocycles. The second-order valence-electron chi connectivity index (χ2n) is 6.77. The predicted octanol–water partition coefficient (Wildman–Crippen LogP) is 4.08. The zero-order chi connectivity index (χ0) is 12.1. The topological polar surface area (TPSA) is 12.0 Å². The minimum Gasteiger partial charge on any atom is -0.304 e. The normalized spacial score (nSPS) is 30.2. The van der Waals surface area contributed by atoms with E-state index in [9.17, 15) is 0 Å². The summed E-state index contributed by atoms with van der Waals surface area (Å²) in [6.07, 6.45) is 6.55. The Kier molecular flexibility index (Phi) is 2.64. The van der Waals surface area contributed by atoms with Gasteiger partial charge in [-0.05, 0) is 61.5 Å². The van der Waals surface area contributed by atoms with Crippen LogP contribution in [0.5, 0.6) is 0 Å². The van der Waals surface area contributed by atoms with Crippen LogP contribution in [0.3, 0.4) is 0 Å². The summed E-state index contributed by atoms with van der Waals surface area (Å²) in [7, 11) is 0. The van der Waals surface area contributed by atoms with Crippen molar-refractivity contribution in [2.24, 2.45) is 5.41 Å². The van der Waals surface area contributed by atoms with E-state index in [0.29, 0.717) is 17.0 Å². The van der Waals surface area contributed by atoms with Crippen molar-refractivity contribution in [2.75, 3.05) is 0 Å². The van der Waals surface area contributed by atoms with Crippen LogP contribution < -0.4 is 5.32 Å². The molecule has 2 heterocycles. The molecule has 0 aromatic carbocycles. The number of hydrogen-bond acceptors (Lipinski definition) is 2. The molecule has 1 aliphatic carbocycles. The minimum atomic E-state index is 0.316. The van der Waals surface area contributed by atoms with E-state index in [-0.39, 0.29) is 0 Å². The summed E-state index contributed by atoms with van der Waals surface area (Å²) in [6.45, 7) is 7.17. The Hall–Kier alpha value is -0.340. The van der Waals surface area contributed by atoms with Crippen LogP contribution in [-0.2, 0) is 12.0 Å². The van der Waals surface area contributed by atoms with Gasteiger partial charge in [0.15, 0.2) is 0 Å². The van der Waals surface area contributed by atoms with Crippen LogP contribution in [-0.4, -0.2) is 6.04 Å². The van der Waals surface area contributed by atoms with Gasteiger partial charge in [-0.15, -0.1) is 11.3 Å². The fourth-order valence-corrected chi connectivity index (χ4v) is 4.72. The van der Waals surface area contributed by atoms with E-state index in [1.54, 1.807) is 10.4 Å². The molecule has 1 aliphatic heterocycles. The van der Waals surface area contributed by atoms with E-state index >= 15 is 0 Å². The average molecular weight is 249 g/mol. The van der Waals surface area contributed by atoms with Gasteiger partial charge in [-0.1, -0.05) is 13.8 Å². The maximum atomic E-state index is 3.92. The summed E-state index contributed by atoms with van der Waals surface area (Å²) in [5.41, 5.74) is 2.47. The molecule has 1 atom stereocenters. The Morgan fingerprint density at radius 2 is 1.94 bits per heavy atom. The van der Waals surface area contributed by atoms with Gasteiger partial charge in [0.05, 0.1) is 5.54 Å².